The number of hydrogen-bond acceptors (Lipinski definition) is 4. The first kappa shape index (κ1) is 21.3. The molecule has 1 heterocycles. The maximum atomic E-state index is 14.4. The number of hydrogen-bond donors (Lipinski definition) is 3. The van der Waals surface area contributed by atoms with Crippen LogP contribution in [0.25, 0.3) is 22.0 Å². The monoisotopic (exact) mass is 432 g/mol. The number of fused-ring (bicyclic) bond motifs is 1. The molecule has 0 saturated carbocycles. The van der Waals surface area contributed by atoms with Gasteiger partial charge in [0.15, 0.2) is 5.82 Å². The minimum Gasteiger partial charge on any atom is -0.382 e. The number of halogens is 1. The van der Waals surface area contributed by atoms with Crippen molar-refractivity contribution in [2.75, 3.05) is 24.7 Å². The van der Waals surface area contributed by atoms with E-state index in [1.807, 2.05) is 45.3 Å². The predicted molar refractivity (Wildman–Crippen MR) is 126 cm³/mol. The van der Waals surface area contributed by atoms with Crippen molar-refractivity contribution >= 4 is 34.1 Å². The number of aromatic amines is 1. The molecule has 164 valence electrons. The summed E-state index contributed by atoms with van der Waals surface area (Å²) in [5.41, 5.74) is 16.9. The van der Waals surface area contributed by atoms with E-state index in [1.165, 1.54) is 6.07 Å². The fourth-order valence-corrected chi connectivity index (χ4v) is 3.89. The number of aryl methyl sites for hydroxylation is 1. The lowest BCUT2D eigenvalue weighted by Crippen LogP contribution is -2.32. The molecule has 0 atom stereocenters. The van der Waals surface area contributed by atoms with Crippen LogP contribution in [0.5, 0.6) is 0 Å². The van der Waals surface area contributed by atoms with Gasteiger partial charge in [0.25, 0.3) is 0 Å². The summed E-state index contributed by atoms with van der Waals surface area (Å²) in [7, 11) is 4.00. The lowest BCUT2D eigenvalue weighted by molar-refractivity contribution is 0.256. The molecule has 1 aromatic heterocycles. The number of aromatic nitrogens is 2. The number of anilines is 3. The van der Waals surface area contributed by atoms with Gasteiger partial charge in [-0.1, -0.05) is 30.3 Å². The van der Waals surface area contributed by atoms with Gasteiger partial charge in [0.05, 0.1) is 22.3 Å². The maximum Gasteiger partial charge on any atom is 0.323 e. The van der Waals surface area contributed by atoms with E-state index in [0.29, 0.717) is 11.5 Å². The van der Waals surface area contributed by atoms with Gasteiger partial charge < -0.3 is 16.4 Å². The van der Waals surface area contributed by atoms with Crippen molar-refractivity contribution < 1.29 is 9.18 Å². The zero-order valence-corrected chi connectivity index (χ0v) is 18.2. The summed E-state index contributed by atoms with van der Waals surface area (Å²) in [4.78, 5) is 15.4. The second-order valence-electron chi connectivity index (χ2n) is 8.04. The van der Waals surface area contributed by atoms with Gasteiger partial charge in [-0.3, -0.25) is 10.00 Å². The standard InChI is InChI=1S/C24H25FN6O/c1-14-4-11-19(25)20(12-14)31(24(27)32)17-8-5-15(6-9-17)18-10-7-16(13-30(2)3)22-21(18)23(26)29-28-22/h4-12H,13H2,1-3H3,(H2,27,32)(H3,26,28,29). The van der Waals surface area contributed by atoms with E-state index < -0.39 is 11.8 Å². The number of nitrogens with zero attached hydrogens (tertiary/aromatic N) is 3. The first-order valence-corrected chi connectivity index (χ1v) is 10.1. The lowest BCUT2D eigenvalue weighted by Gasteiger charge is -2.22. The average Bonchev–Trinajstić information content (AvgIpc) is 3.13. The van der Waals surface area contributed by atoms with E-state index >= 15 is 0 Å². The van der Waals surface area contributed by atoms with Crippen molar-refractivity contribution in [1.82, 2.24) is 15.1 Å². The fraction of sp³-hybridized carbons (Fsp3) is 0.167. The topological polar surface area (TPSA) is 104 Å². The Morgan fingerprint density at radius 3 is 2.47 bits per heavy atom. The average molecular weight is 433 g/mol. The molecule has 7 nitrogen and oxygen atoms in total. The van der Waals surface area contributed by atoms with Gasteiger partial charge in [-0.25, -0.2) is 9.18 Å². The van der Waals surface area contributed by atoms with E-state index in [0.717, 1.165) is 44.6 Å². The van der Waals surface area contributed by atoms with Crippen LogP contribution in [-0.4, -0.2) is 35.2 Å². The van der Waals surface area contributed by atoms with Gasteiger partial charge >= 0.3 is 6.03 Å². The molecule has 0 aliphatic rings. The Bertz CT molecular complexity index is 1300. The third kappa shape index (κ3) is 3.88. The largest absolute Gasteiger partial charge is 0.382 e. The van der Waals surface area contributed by atoms with Crippen molar-refractivity contribution in [3.8, 4) is 11.1 Å². The number of H-pyrrole nitrogens is 1. The van der Waals surface area contributed by atoms with Crippen LogP contribution >= 0.6 is 0 Å². The van der Waals surface area contributed by atoms with E-state index in [-0.39, 0.29) is 5.69 Å². The smallest absolute Gasteiger partial charge is 0.323 e. The number of nitrogen functional groups attached to an aromatic ring is 1. The van der Waals surface area contributed by atoms with Crippen molar-refractivity contribution in [2.45, 2.75) is 13.5 Å². The number of amides is 2. The molecule has 8 heteroatoms. The molecule has 0 aliphatic heterocycles. The highest BCUT2D eigenvalue weighted by atomic mass is 19.1. The Labute approximate surface area is 185 Å². The van der Waals surface area contributed by atoms with Gasteiger partial charge in [0, 0.05) is 6.54 Å². The minimum absolute atomic E-state index is 0.111. The number of benzene rings is 3. The Balaban J connectivity index is 1.77. The zero-order chi connectivity index (χ0) is 23.0. The molecule has 2 amide bonds. The van der Waals surface area contributed by atoms with Crippen LogP contribution in [0.2, 0.25) is 0 Å². The fourth-order valence-electron chi connectivity index (χ4n) is 3.89. The molecule has 3 aromatic carbocycles. The zero-order valence-electron chi connectivity index (χ0n) is 18.2. The highest BCUT2D eigenvalue weighted by molar-refractivity contribution is 6.03. The normalized spacial score (nSPS) is 11.3. The molecule has 0 radical (unpaired) electrons. The van der Waals surface area contributed by atoms with Crippen LogP contribution in [0, 0.1) is 12.7 Å². The van der Waals surface area contributed by atoms with Gasteiger partial charge in [0.1, 0.15) is 5.82 Å². The molecule has 0 unspecified atom stereocenters. The second-order valence-corrected chi connectivity index (χ2v) is 8.04. The Morgan fingerprint density at radius 1 is 1.09 bits per heavy atom. The summed E-state index contributed by atoms with van der Waals surface area (Å²) in [5.74, 6) is -0.108. The summed E-state index contributed by atoms with van der Waals surface area (Å²) < 4.78 is 14.4. The number of carbonyl (C=O) groups excluding carboxylic acids is 1. The molecular weight excluding hydrogens is 407 g/mol. The van der Waals surface area contributed by atoms with E-state index in [9.17, 15) is 9.18 Å². The van der Waals surface area contributed by atoms with Crippen LogP contribution in [0.4, 0.5) is 26.4 Å². The van der Waals surface area contributed by atoms with Crippen molar-refractivity contribution in [2.24, 2.45) is 5.73 Å². The van der Waals surface area contributed by atoms with E-state index in [2.05, 4.69) is 15.1 Å². The van der Waals surface area contributed by atoms with Crippen LogP contribution in [0.15, 0.2) is 54.6 Å². The molecule has 4 aromatic rings. The summed E-state index contributed by atoms with van der Waals surface area (Å²) in [5, 5.41) is 8.08. The number of nitrogens with one attached hydrogen (secondary N) is 1. The molecule has 0 bridgehead atoms. The van der Waals surface area contributed by atoms with E-state index in [1.54, 1.807) is 24.3 Å². The summed E-state index contributed by atoms with van der Waals surface area (Å²) in [6, 6.07) is 15.0. The molecule has 32 heavy (non-hydrogen) atoms. The number of primary amides is 1. The second kappa shape index (κ2) is 8.32. The summed E-state index contributed by atoms with van der Waals surface area (Å²) in [6.45, 7) is 2.57. The van der Waals surface area contributed by atoms with Crippen molar-refractivity contribution in [3.63, 3.8) is 0 Å². The predicted octanol–water partition coefficient (Wildman–Crippen LogP) is 4.54. The highest BCUT2D eigenvalue weighted by Gasteiger charge is 2.20. The van der Waals surface area contributed by atoms with Crippen molar-refractivity contribution in [1.29, 1.82) is 0 Å². The van der Waals surface area contributed by atoms with Crippen molar-refractivity contribution in [3.05, 3.63) is 71.5 Å². The highest BCUT2D eigenvalue weighted by Crippen LogP contribution is 2.36. The summed E-state index contributed by atoms with van der Waals surface area (Å²) in [6.07, 6.45) is 0. The van der Waals surface area contributed by atoms with Crippen LogP contribution in [0.3, 0.4) is 0 Å². The molecule has 5 N–H and O–H groups in total. The van der Waals surface area contributed by atoms with Crippen LogP contribution < -0.4 is 16.4 Å². The van der Waals surface area contributed by atoms with Crippen LogP contribution in [0.1, 0.15) is 11.1 Å². The first-order chi connectivity index (χ1) is 15.3. The Kier molecular flexibility index (Phi) is 5.54. The Morgan fingerprint density at radius 2 is 1.81 bits per heavy atom. The maximum absolute atomic E-state index is 14.4. The minimum atomic E-state index is -0.767. The molecule has 0 saturated heterocycles. The molecule has 0 spiro atoms. The van der Waals surface area contributed by atoms with Gasteiger partial charge in [-0.2, -0.15) is 5.10 Å². The molecular formula is C24H25FN6O. The van der Waals surface area contributed by atoms with Gasteiger partial charge in [-0.15, -0.1) is 0 Å². The van der Waals surface area contributed by atoms with Crippen LogP contribution in [-0.2, 0) is 6.54 Å². The lowest BCUT2D eigenvalue weighted by atomic mass is 9.98. The third-order valence-corrected chi connectivity index (χ3v) is 5.32. The Hall–Kier alpha value is -3.91. The quantitative estimate of drug-likeness (QED) is 0.431. The number of urea groups is 1. The molecule has 0 fully saturated rings. The molecule has 0 aliphatic carbocycles. The number of nitrogens with two attached hydrogens (primary N) is 2. The van der Waals surface area contributed by atoms with Gasteiger partial charge in [0.2, 0.25) is 0 Å². The summed E-state index contributed by atoms with van der Waals surface area (Å²) >= 11 is 0. The third-order valence-electron chi connectivity index (χ3n) is 5.32. The first-order valence-electron chi connectivity index (χ1n) is 10.1. The molecule has 4 rings (SSSR count). The number of rotatable bonds is 5. The van der Waals surface area contributed by atoms with E-state index in [4.69, 9.17) is 11.5 Å². The number of carbonyl (C=O) groups is 1. The SMILES string of the molecule is Cc1ccc(F)c(N(C(N)=O)c2ccc(-c3ccc(CN(C)C)c4[nH]nc(N)c34)cc2)c1. The van der Waals surface area contributed by atoms with Gasteiger partial charge in [-0.05, 0) is 67.5 Å².